The molecule has 2 heterocycles. The molecule has 8 heteroatoms. The molecule has 3 aromatic rings. The molecule has 0 radical (unpaired) electrons. The molecular formula is C17H16N4O3S. The fourth-order valence-electron chi connectivity index (χ4n) is 2.30. The highest BCUT2D eigenvalue weighted by Gasteiger charge is 2.18. The molecule has 0 aliphatic carbocycles. The van der Waals surface area contributed by atoms with Crippen molar-refractivity contribution in [2.75, 3.05) is 0 Å². The second-order valence-electron chi connectivity index (χ2n) is 5.69. The number of aromatic nitrogens is 2. The number of rotatable bonds is 4. The zero-order valence-electron chi connectivity index (χ0n) is 13.9. The molecule has 3 rings (SSSR count). The Kier molecular flexibility index (Phi) is 4.71. The van der Waals surface area contributed by atoms with Gasteiger partial charge in [-0.1, -0.05) is 55.5 Å². The number of aromatic hydroxyl groups is 1. The first kappa shape index (κ1) is 17.0. The van der Waals surface area contributed by atoms with Crippen LogP contribution in [0.15, 0.2) is 49.8 Å². The van der Waals surface area contributed by atoms with Crippen LogP contribution >= 0.6 is 11.3 Å². The van der Waals surface area contributed by atoms with E-state index in [9.17, 15) is 9.90 Å². The summed E-state index contributed by atoms with van der Waals surface area (Å²) in [7, 11) is 0. The minimum absolute atomic E-state index is 0.0267. The van der Waals surface area contributed by atoms with Gasteiger partial charge in [0.05, 0.1) is 0 Å². The topological polar surface area (TPSA) is 101 Å². The lowest BCUT2D eigenvalue weighted by Gasteiger charge is -2.09. The second-order valence-corrected chi connectivity index (χ2v) is 6.64. The Bertz CT molecular complexity index is 977. The van der Waals surface area contributed by atoms with Crippen LogP contribution in [0.5, 0.6) is 5.75 Å². The standard InChI is InChI=1S/C17H16N4O3S/c1-9(2)14-10(3)13(22)12(16(23)24-14)18-20-17-21-19-15(25-17)11-7-5-4-6-8-11/h4-9,22H,1-3H3. The van der Waals surface area contributed by atoms with Gasteiger partial charge in [-0.15, -0.1) is 20.4 Å². The van der Waals surface area contributed by atoms with Crippen LogP contribution in [0, 0.1) is 6.92 Å². The summed E-state index contributed by atoms with van der Waals surface area (Å²) in [6.45, 7) is 5.42. The van der Waals surface area contributed by atoms with Crippen molar-refractivity contribution in [1.29, 1.82) is 0 Å². The predicted octanol–water partition coefficient (Wildman–Crippen LogP) is 4.71. The molecule has 1 aromatic carbocycles. The highest BCUT2D eigenvalue weighted by atomic mass is 32.1. The van der Waals surface area contributed by atoms with Gasteiger partial charge in [0.2, 0.25) is 5.69 Å². The minimum atomic E-state index is -0.733. The van der Waals surface area contributed by atoms with E-state index in [-0.39, 0.29) is 22.5 Å². The molecule has 0 bridgehead atoms. The molecule has 128 valence electrons. The van der Waals surface area contributed by atoms with Gasteiger partial charge < -0.3 is 9.52 Å². The summed E-state index contributed by atoms with van der Waals surface area (Å²) in [6.07, 6.45) is 0. The van der Waals surface area contributed by atoms with Crippen molar-refractivity contribution in [1.82, 2.24) is 10.2 Å². The molecule has 0 spiro atoms. The lowest BCUT2D eigenvalue weighted by atomic mass is 10.1. The van der Waals surface area contributed by atoms with E-state index >= 15 is 0 Å². The van der Waals surface area contributed by atoms with Crippen LogP contribution in [0.25, 0.3) is 10.6 Å². The van der Waals surface area contributed by atoms with E-state index in [2.05, 4.69) is 20.4 Å². The van der Waals surface area contributed by atoms with Crippen LogP contribution in [0.1, 0.15) is 31.1 Å². The SMILES string of the molecule is Cc1c(C(C)C)oc(=O)c(N=Nc2nnc(-c3ccccc3)s2)c1O. The van der Waals surface area contributed by atoms with Crippen LogP contribution in [-0.2, 0) is 0 Å². The third kappa shape index (κ3) is 3.48. The molecule has 25 heavy (non-hydrogen) atoms. The summed E-state index contributed by atoms with van der Waals surface area (Å²) < 4.78 is 5.24. The minimum Gasteiger partial charge on any atom is -0.505 e. The Labute approximate surface area is 147 Å². The number of nitrogens with zero attached hydrogens (tertiary/aromatic N) is 4. The summed E-state index contributed by atoms with van der Waals surface area (Å²) in [4.78, 5) is 12.1. The summed E-state index contributed by atoms with van der Waals surface area (Å²) in [6, 6.07) is 9.54. The molecule has 0 fully saturated rings. The maximum atomic E-state index is 12.1. The van der Waals surface area contributed by atoms with Crippen molar-refractivity contribution in [2.45, 2.75) is 26.7 Å². The van der Waals surface area contributed by atoms with E-state index in [1.165, 1.54) is 11.3 Å². The Hall–Kier alpha value is -2.87. The smallest absolute Gasteiger partial charge is 0.367 e. The van der Waals surface area contributed by atoms with Gasteiger partial charge >= 0.3 is 5.63 Å². The van der Waals surface area contributed by atoms with Crippen molar-refractivity contribution in [3.8, 4) is 16.3 Å². The first-order valence-corrected chi connectivity index (χ1v) is 8.46. The number of azo groups is 1. The summed E-state index contributed by atoms with van der Waals surface area (Å²) >= 11 is 1.23. The van der Waals surface area contributed by atoms with Gasteiger partial charge in [-0.05, 0) is 6.92 Å². The van der Waals surface area contributed by atoms with E-state index in [4.69, 9.17) is 4.42 Å². The van der Waals surface area contributed by atoms with E-state index in [0.29, 0.717) is 16.3 Å². The van der Waals surface area contributed by atoms with Gasteiger partial charge in [0.15, 0.2) is 5.75 Å². The van der Waals surface area contributed by atoms with E-state index in [1.54, 1.807) is 6.92 Å². The molecule has 0 aliphatic heterocycles. The van der Waals surface area contributed by atoms with Gasteiger partial charge in [0.1, 0.15) is 10.8 Å². The average Bonchev–Trinajstić information content (AvgIpc) is 3.07. The Morgan fingerprint density at radius 3 is 2.56 bits per heavy atom. The Morgan fingerprint density at radius 2 is 1.88 bits per heavy atom. The van der Waals surface area contributed by atoms with Gasteiger partial charge in [-0.2, -0.15) is 0 Å². The number of benzene rings is 1. The Balaban J connectivity index is 1.92. The first-order chi connectivity index (χ1) is 12.0. The average molecular weight is 356 g/mol. The van der Waals surface area contributed by atoms with Gasteiger partial charge in [0.25, 0.3) is 5.13 Å². The largest absolute Gasteiger partial charge is 0.505 e. The van der Waals surface area contributed by atoms with Crippen molar-refractivity contribution in [3.05, 3.63) is 52.1 Å². The molecule has 0 unspecified atom stereocenters. The van der Waals surface area contributed by atoms with Crippen LogP contribution in [0.2, 0.25) is 0 Å². The van der Waals surface area contributed by atoms with Gasteiger partial charge in [-0.3, -0.25) is 0 Å². The zero-order chi connectivity index (χ0) is 18.0. The lowest BCUT2D eigenvalue weighted by Crippen LogP contribution is -2.05. The predicted molar refractivity (Wildman–Crippen MR) is 95.0 cm³/mol. The molecule has 1 N–H and O–H groups in total. The van der Waals surface area contributed by atoms with Crippen molar-refractivity contribution in [2.24, 2.45) is 10.2 Å². The lowest BCUT2D eigenvalue weighted by molar-refractivity contribution is 0.407. The normalized spacial score (nSPS) is 11.5. The molecule has 0 amide bonds. The first-order valence-electron chi connectivity index (χ1n) is 7.64. The quantitative estimate of drug-likeness (QED) is 0.682. The van der Waals surface area contributed by atoms with Crippen molar-refractivity contribution >= 4 is 22.2 Å². The fraction of sp³-hybridized carbons (Fsp3) is 0.235. The van der Waals surface area contributed by atoms with E-state index in [1.807, 2.05) is 44.2 Å². The molecular weight excluding hydrogens is 340 g/mol. The fourth-order valence-corrected chi connectivity index (χ4v) is 2.97. The molecule has 0 aliphatic rings. The Morgan fingerprint density at radius 1 is 1.16 bits per heavy atom. The number of hydrogen-bond donors (Lipinski definition) is 1. The third-order valence-electron chi connectivity index (χ3n) is 3.54. The highest BCUT2D eigenvalue weighted by Crippen LogP contribution is 2.34. The van der Waals surface area contributed by atoms with Gasteiger partial charge in [0, 0.05) is 17.0 Å². The molecule has 7 nitrogen and oxygen atoms in total. The second kappa shape index (κ2) is 6.94. The van der Waals surface area contributed by atoms with E-state index in [0.717, 1.165) is 5.56 Å². The molecule has 2 aromatic heterocycles. The highest BCUT2D eigenvalue weighted by molar-refractivity contribution is 7.18. The molecule has 0 atom stereocenters. The van der Waals surface area contributed by atoms with Gasteiger partial charge in [-0.25, -0.2) is 4.79 Å². The summed E-state index contributed by atoms with van der Waals surface area (Å²) in [5.41, 5.74) is 0.424. The molecule has 0 saturated carbocycles. The van der Waals surface area contributed by atoms with Crippen molar-refractivity contribution < 1.29 is 9.52 Å². The summed E-state index contributed by atoms with van der Waals surface area (Å²) in [5, 5.41) is 26.9. The van der Waals surface area contributed by atoms with Crippen molar-refractivity contribution in [3.63, 3.8) is 0 Å². The maximum Gasteiger partial charge on any atom is 0.367 e. The monoisotopic (exact) mass is 356 g/mol. The number of hydrogen-bond acceptors (Lipinski definition) is 8. The zero-order valence-corrected chi connectivity index (χ0v) is 14.7. The van der Waals surface area contributed by atoms with Crippen LogP contribution < -0.4 is 5.63 Å². The third-order valence-corrected chi connectivity index (χ3v) is 4.40. The van der Waals surface area contributed by atoms with Crippen LogP contribution in [-0.4, -0.2) is 15.3 Å². The molecule has 0 saturated heterocycles. The maximum absolute atomic E-state index is 12.1. The summed E-state index contributed by atoms with van der Waals surface area (Å²) in [5.74, 6) is 0.182. The van der Waals surface area contributed by atoms with Crippen LogP contribution in [0.3, 0.4) is 0 Å². The van der Waals surface area contributed by atoms with E-state index < -0.39 is 5.63 Å². The van der Waals surface area contributed by atoms with Crippen LogP contribution in [0.4, 0.5) is 10.8 Å².